The van der Waals surface area contributed by atoms with E-state index in [1.54, 1.807) is 10.6 Å². The minimum atomic E-state index is -0.0838. The van der Waals surface area contributed by atoms with Crippen LogP contribution >= 0.6 is 27.7 Å². The van der Waals surface area contributed by atoms with Gasteiger partial charge in [-0.1, -0.05) is 30.8 Å². The van der Waals surface area contributed by atoms with Crippen molar-refractivity contribution in [2.24, 2.45) is 7.05 Å². The minimum absolute atomic E-state index is 0.0838. The Morgan fingerprint density at radius 3 is 2.64 bits per heavy atom. The fraction of sp³-hybridized carbons (Fsp3) is 0.235. The number of anilines is 1. The third kappa shape index (κ3) is 4.32. The second-order valence-electron chi connectivity index (χ2n) is 5.36. The second-order valence-corrected chi connectivity index (χ2v) is 7.08. The Bertz CT molecular complexity index is 873. The molecule has 2 aromatic heterocycles. The van der Waals surface area contributed by atoms with Gasteiger partial charge in [-0.15, -0.1) is 10.2 Å². The van der Waals surface area contributed by atoms with Crippen LogP contribution in [0.25, 0.3) is 11.6 Å². The number of hydrogen-bond donors (Lipinski definition) is 1. The molecule has 0 spiro atoms. The summed E-state index contributed by atoms with van der Waals surface area (Å²) in [5.74, 6) is 1.40. The lowest BCUT2D eigenvalue weighted by Gasteiger charge is -2.06. The molecule has 0 aliphatic rings. The quantitative estimate of drug-likeness (QED) is 0.606. The highest BCUT2D eigenvalue weighted by molar-refractivity contribution is 9.10. The third-order valence-electron chi connectivity index (χ3n) is 3.61. The normalized spacial score (nSPS) is 10.8. The fourth-order valence-corrected chi connectivity index (χ4v) is 3.26. The summed E-state index contributed by atoms with van der Waals surface area (Å²) in [6.07, 6.45) is 0.977. The molecule has 0 aliphatic carbocycles. The molecule has 3 rings (SSSR count). The van der Waals surface area contributed by atoms with Crippen LogP contribution in [0, 0.1) is 0 Å². The van der Waals surface area contributed by atoms with Crippen molar-refractivity contribution in [3.8, 4) is 11.6 Å². The molecule has 8 heteroatoms. The Morgan fingerprint density at radius 1 is 1.24 bits per heavy atom. The molecule has 0 saturated carbocycles. The number of hydrogen-bond acceptors (Lipinski definition) is 5. The zero-order valence-corrected chi connectivity index (χ0v) is 16.2. The van der Waals surface area contributed by atoms with E-state index in [9.17, 15) is 4.79 Å². The van der Waals surface area contributed by atoms with Crippen molar-refractivity contribution in [3.05, 3.63) is 46.6 Å². The number of thioether (sulfide) groups is 1. The molecule has 0 atom stereocenters. The van der Waals surface area contributed by atoms with Crippen LogP contribution in [0.15, 0.2) is 50.6 Å². The first-order valence-corrected chi connectivity index (χ1v) is 9.51. The molecule has 0 unspecified atom stereocenters. The van der Waals surface area contributed by atoms with Gasteiger partial charge in [0.25, 0.3) is 0 Å². The highest BCUT2D eigenvalue weighted by atomic mass is 79.9. The van der Waals surface area contributed by atoms with Gasteiger partial charge in [-0.2, -0.15) is 0 Å². The molecule has 0 aliphatic heterocycles. The fourth-order valence-electron chi connectivity index (χ4n) is 2.24. The second kappa shape index (κ2) is 7.88. The van der Waals surface area contributed by atoms with E-state index in [2.05, 4.69) is 38.4 Å². The van der Waals surface area contributed by atoms with Gasteiger partial charge in [-0.25, -0.2) is 0 Å². The van der Waals surface area contributed by atoms with Crippen molar-refractivity contribution in [2.75, 3.05) is 11.1 Å². The van der Waals surface area contributed by atoms with Gasteiger partial charge >= 0.3 is 0 Å². The van der Waals surface area contributed by atoms with Gasteiger partial charge in [0.05, 0.1) is 5.75 Å². The molecular formula is C17H17BrN4O2S. The smallest absolute Gasteiger partial charge is 0.234 e. The largest absolute Gasteiger partial charge is 0.446 e. The third-order valence-corrected chi connectivity index (χ3v) is 5.05. The zero-order valence-electron chi connectivity index (χ0n) is 13.8. The van der Waals surface area contributed by atoms with Crippen LogP contribution in [-0.2, 0) is 18.3 Å². The number of carbonyl (C=O) groups is 1. The number of carbonyl (C=O) groups excluding carboxylic acids is 1. The van der Waals surface area contributed by atoms with Gasteiger partial charge in [0, 0.05) is 12.7 Å². The molecule has 130 valence electrons. The van der Waals surface area contributed by atoms with Crippen LogP contribution in [0.5, 0.6) is 0 Å². The number of rotatable bonds is 6. The van der Waals surface area contributed by atoms with Crippen LogP contribution in [0.3, 0.4) is 0 Å². The maximum atomic E-state index is 12.1. The number of amides is 1. The van der Waals surface area contributed by atoms with Crippen LogP contribution in [0.1, 0.15) is 12.5 Å². The van der Waals surface area contributed by atoms with E-state index in [0.717, 1.165) is 12.1 Å². The molecule has 1 aromatic carbocycles. The Labute approximate surface area is 158 Å². The predicted octanol–water partition coefficient (Wildman–Crippen LogP) is 4.13. The van der Waals surface area contributed by atoms with Gasteiger partial charge in [0.1, 0.15) is 0 Å². The van der Waals surface area contributed by atoms with Crippen molar-refractivity contribution in [2.45, 2.75) is 18.5 Å². The number of furan rings is 1. The summed E-state index contributed by atoms with van der Waals surface area (Å²) >= 11 is 4.60. The monoisotopic (exact) mass is 420 g/mol. The Balaban J connectivity index is 1.59. The lowest BCUT2D eigenvalue weighted by atomic mass is 10.1. The lowest BCUT2D eigenvalue weighted by molar-refractivity contribution is -0.113. The summed E-state index contributed by atoms with van der Waals surface area (Å²) in [7, 11) is 1.84. The molecule has 0 radical (unpaired) electrons. The van der Waals surface area contributed by atoms with Gasteiger partial charge in [0.15, 0.2) is 21.4 Å². The average molecular weight is 421 g/mol. The van der Waals surface area contributed by atoms with E-state index in [1.807, 2.05) is 37.4 Å². The molecule has 25 heavy (non-hydrogen) atoms. The van der Waals surface area contributed by atoms with Crippen molar-refractivity contribution >= 4 is 39.3 Å². The lowest BCUT2D eigenvalue weighted by Crippen LogP contribution is -2.14. The summed E-state index contributed by atoms with van der Waals surface area (Å²) in [5, 5.41) is 11.8. The number of aromatic nitrogens is 3. The molecule has 1 N–H and O–H groups in total. The highest BCUT2D eigenvalue weighted by Crippen LogP contribution is 2.26. The van der Waals surface area contributed by atoms with Gasteiger partial charge in [0.2, 0.25) is 5.91 Å². The number of nitrogens with one attached hydrogen (secondary N) is 1. The van der Waals surface area contributed by atoms with Crippen LogP contribution in [0.4, 0.5) is 5.69 Å². The number of nitrogens with zero attached hydrogens (tertiary/aromatic N) is 3. The Kier molecular flexibility index (Phi) is 5.60. The van der Waals surface area contributed by atoms with E-state index in [0.29, 0.717) is 21.4 Å². The van der Waals surface area contributed by atoms with Crippen LogP contribution < -0.4 is 5.32 Å². The molecule has 6 nitrogen and oxygen atoms in total. The molecular weight excluding hydrogens is 404 g/mol. The van der Waals surface area contributed by atoms with Crippen LogP contribution in [0.2, 0.25) is 0 Å². The minimum Gasteiger partial charge on any atom is -0.446 e. The highest BCUT2D eigenvalue weighted by Gasteiger charge is 2.15. The number of benzene rings is 1. The maximum absolute atomic E-state index is 12.1. The standard InChI is InChI=1S/C17H17BrN4O2S/c1-3-11-4-6-12(7-5-11)19-15(23)10-25-17-21-20-16(22(17)2)13-8-9-14(18)24-13/h4-9H,3,10H2,1-2H3,(H,19,23). The average Bonchev–Trinajstić information content (AvgIpc) is 3.19. The topological polar surface area (TPSA) is 73.0 Å². The molecule has 3 aromatic rings. The first-order valence-electron chi connectivity index (χ1n) is 7.73. The number of aryl methyl sites for hydroxylation is 1. The molecule has 2 heterocycles. The van der Waals surface area contributed by atoms with E-state index >= 15 is 0 Å². The summed E-state index contributed by atoms with van der Waals surface area (Å²) in [6, 6.07) is 11.5. The van der Waals surface area contributed by atoms with E-state index in [1.165, 1.54) is 17.3 Å². The van der Waals surface area contributed by atoms with Gasteiger partial charge < -0.3 is 14.3 Å². The van der Waals surface area contributed by atoms with E-state index in [4.69, 9.17) is 4.42 Å². The summed E-state index contributed by atoms with van der Waals surface area (Å²) in [4.78, 5) is 12.1. The van der Waals surface area contributed by atoms with Gasteiger partial charge in [-0.3, -0.25) is 4.79 Å². The summed E-state index contributed by atoms with van der Waals surface area (Å²) in [5.41, 5.74) is 2.03. The summed E-state index contributed by atoms with van der Waals surface area (Å²) < 4.78 is 7.93. The SMILES string of the molecule is CCc1ccc(NC(=O)CSc2nnc(-c3ccc(Br)o3)n2C)cc1. The molecule has 0 saturated heterocycles. The molecule has 0 fully saturated rings. The van der Waals surface area contributed by atoms with Crippen molar-refractivity contribution in [1.82, 2.24) is 14.8 Å². The predicted molar refractivity (Wildman–Crippen MR) is 102 cm³/mol. The van der Waals surface area contributed by atoms with E-state index in [-0.39, 0.29) is 11.7 Å². The maximum Gasteiger partial charge on any atom is 0.234 e. The van der Waals surface area contributed by atoms with Crippen molar-refractivity contribution < 1.29 is 9.21 Å². The number of halogens is 1. The zero-order chi connectivity index (χ0) is 17.8. The molecule has 0 bridgehead atoms. The van der Waals surface area contributed by atoms with Crippen molar-refractivity contribution in [1.29, 1.82) is 0 Å². The Hall–Kier alpha value is -2.06. The first-order chi connectivity index (χ1) is 12.1. The van der Waals surface area contributed by atoms with Gasteiger partial charge in [-0.05, 0) is 52.2 Å². The first kappa shape index (κ1) is 17.8. The van der Waals surface area contributed by atoms with Crippen LogP contribution in [-0.4, -0.2) is 26.4 Å². The summed E-state index contributed by atoms with van der Waals surface area (Å²) in [6.45, 7) is 2.10. The Morgan fingerprint density at radius 2 is 2.00 bits per heavy atom. The molecule has 1 amide bonds. The van der Waals surface area contributed by atoms with E-state index < -0.39 is 0 Å². The van der Waals surface area contributed by atoms with Crippen molar-refractivity contribution in [3.63, 3.8) is 0 Å².